The van der Waals surface area contributed by atoms with Gasteiger partial charge in [-0.3, -0.25) is 14.5 Å². The number of amides is 2. The van der Waals surface area contributed by atoms with Gasteiger partial charge in [-0.15, -0.1) is 0 Å². The molecule has 1 saturated heterocycles. The number of nitrogens with zero attached hydrogens (tertiary/aromatic N) is 3. The summed E-state index contributed by atoms with van der Waals surface area (Å²) in [5.74, 6) is -0.550. The van der Waals surface area contributed by atoms with Gasteiger partial charge in [0.05, 0.1) is 18.0 Å². The SMILES string of the molecule is CCCCN(CC(N)=O)CC(=O)N1CCN(S(=O)(=O)c2ccc3c(c2)CCC3)CC1. The van der Waals surface area contributed by atoms with Crippen LogP contribution in [0.25, 0.3) is 0 Å². The molecule has 0 spiro atoms. The van der Waals surface area contributed by atoms with E-state index in [9.17, 15) is 18.0 Å². The number of piperazine rings is 1. The normalized spacial score (nSPS) is 17.3. The van der Waals surface area contributed by atoms with Gasteiger partial charge in [0.1, 0.15) is 0 Å². The number of benzene rings is 1. The molecule has 1 aliphatic heterocycles. The predicted octanol–water partition coefficient (Wildman–Crippen LogP) is 0.596. The van der Waals surface area contributed by atoms with Gasteiger partial charge >= 0.3 is 0 Å². The minimum Gasteiger partial charge on any atom is -0.369 e. The van der Waals surface area contributed by atoms with Crippen molar-refractivity contribution in [1.82, 2.24) is 14.1 Å². The molecule has 2 amide bonds. The number of unbranched alkanes of at least 4 members (excludes halogenated alkanes) is 1. The second-order valence-electron chi connectivity index (χ2n) is 8.10. The minimum absolute atomic E-state index is 0.0540. The highest BCUT2D eigenvalue weighted by atomic mass is 32.2. The van der Waals surface area contributed by atoms with Crippen LogP contribution in [0.1, 0.15) is 37.3 Å². The van der Waals surface area contributed by atoms with Crippen LogP contribution in [0.5, 0.6) is 0 Å². The second-order valence-corrected chi connectivity index (χ2v) is 10.0. The molecule has 1 aromatic rings. The van der Waals surface area contributed by atoms with E-state index in [1.165, 1.54) is 9.87 Å². The van der Waals surface area contributed by atoms with Gasteiger partial charge in [-0.2, -0.15) is 4.31 Å². The van der Waals surface area contributed by atoms with Crippen LogP contribution in [0.2, 0.25) is 0 Å². The van der Waals surface area contributed by atoms with Crippen molar-refractivity contribution in [2.45, 2.75) is 43.9 Å². The van der Waals surface area contributed by atoms with Gasteiger partial charge in [-0.05, 0) is 55.5 Å². The fourth-order valence-corrected chi connectivity index (χ4v) is 5.62. The lowest BCUT2D eigenvalue weighted by Crippen LogP contribution is -2.53. The van der Waals surface area contributed by atoms with Crippen molar-refractivity contribution in [2.75, 3.05) is 45.8 Å². The molecule has 0 unspecified atom stereocenters. The Balaban J connectivity index is 1.58. The van der Waals surface area contributed by atoms with E-state index in [4.69, 9.17) is 5.73 Å². The van der Waals surface area contributed by atoms with Crippen LogP contribution >= 0.6 is 0 Å². The van der Waals surface area contributed by atoms with Crippen LogP contribution in [-0.4, -0.2) is 80.2 Å². The highest BCUT2D eigenvalue weighted by Crippen LogP contribution is 2.26. The van der Waals surface area contributed by atoms with Crippen LogP contribution in [0.15, 0.2) is 23.1 Å². The van der Waals surface area contributed by atoms with E-state index in [-0.39, 0.29) is 32.1 Å². The van der Waals surface area contributed by atoms with Crippen LogP contribution in [0.3, 0.4) is 0 Å². The first kappa shape index (κ1) is 22.7. The number of fused-ring (bicyclic) bond motifs is 1. The first-order valence-corrected chi connectivity index (χ1v) is 12.2. The number of hydrogen-bond acceptors (Lipinski definition) is 5. The monoisotopic (exact) mass is 436 g/mol. The molecule has 9 heteroatoms. The minimum atomic E-state index is -3.56. The predicted molar refractivity (Wildman–Crippen MR) is 114 cm³/mol. The lowest BCUT2D eigenvalue weighted by atomic mass is 10.1. The molecule has 0 saturated carbocycles. The number of hydrogen-bond donors (Lipinski definition) is 1. The van der Waals surface area contributed by atoms with E-state index in [0.717, 1.165) is 37.7 Å². The van der Waals surface area contributed by atoms with E-state index < -0.39 is 15.9 Å². The van der Waals surface area contributed by atoms with Crippen molar-refractivity contribution in [3.05, 3.63) is 29.3 Å². The first-order chi connectivity index (χ1) is 14.3. The van der Waals surface area contributed by atoms with Crippen LogP contribution in [0, 0.1) is 0 Å². The molecule has 1 aromatic carbocycles. The summed E-state index contributed by atoms with van der Waals surface area (Å²) in [7, 11) is -3.56. The highest BCUT2D eigenvalue weighted by molar-refractivity contribution is 7.89. The molecular weight excluding hydrogens is 404 g/mol. The Morgan fingerprint density at radius 3 is 2.43 bits per heavy atom. The van der Waals surface area contributed by atoms with Crippen molar-refractivity contribution in [3.63, 3.8) is 0 Å². The van der Waals surface area contributed by atoms with Crippen molar-refractivity contribution in [1.29, 1.82) is 0 Å². The van der Waals surface area contributed by atoms with Gasteiger partial charge in [-0.1, -0.05) is 19.4 Å². The molecular formula is C21H32N4O4S. The molecule has 30 heavy (non-hydrogen) atoms. The van der Waals surface area contributed by atoms with Crippen LogP contribution in [-0.2, 0) is 32.5 Å². The molecule has 0 bridgehead atoms. The zero-order chi connectivity index (χ0) is 21.7. The molecule has 3 rings (SSSR count). The van der Waals surface area contributed by atoms with Crippen molar-refractivity contribution in [3.8, 4) is 0 Å². The lowest BCUT2D eigenvalue weighted by molar-refractivity contribution is -0.134. The number of aryl methyl sites for hydroxylation is 2. The van der Waals surface area contributed by atoms with E-state index >= 15 is 0 Å². The van der Waals surface area contributed by atoms with Crippen molar-refractivity contribution < 1.29 is 18.0 Å². The molecule has 0 radical (unpaired) electrons. The van der Waals surface area contributed by atoms with Crippen LogP contribution in [0.4, 0.5) is 0 Å². The maximum absolute atomic E-state index is 13.0. The standard InChI is InChI=1S/C21H32N4O4S/c1-2-3-9-23(15-20(22)26)16-21(27)24-10-12-25(13-11-24)30(28,29)19-8-7-17-5-4-6-18(17)14-19/h7-8,14H,2-6,9-13,15-16H2,1H3,(H2,22,26). The van der Waals surface area contributed by atoms with Gasteiger partial charge in [-0.25, -0.2) is 8.42 Å². The van der Waals surface area contributed by atoms with E-state index in [1.54, 1.807) is 15.9 Å². The average molecular weight is 437 g/mol. The average Bonchev–Trinajstić information content (AvgIpc) is 3.19. The Kier molecular flexibility index (Phi) is 7.49. The fourth-order valence-electron chi connectivity index (χ4n) is 4.14. The number of carbonyl (C=O) groups is 2. The van der Waals surface area contributed by atoms with E-state index in [0.29, 0.717) is 24.5 Å². The quantitative estimate of drug-likeness (QED) is 0.610. The van der Waals surface area contributed by atoms with E-state index in [2.05, 4.69) is 0 Å². The maximum atomic E-state index is 13.0. The second kappa shape index (κ2) is 9.89. The first-order valence-electron chi connectivity index (χ1n) is 10.7. The molecule has 0 aromatic heterocycles. The lowest BCUT2D eigenvalue weighted by Gasteiger charge is -2.35. The summed E-state index contributed by atoms with van der Waals surface area (Å²) in [6.07, 6.45) is 4.86. The van der Waals surface area contributed by atoms with Gasteiger partial charge in [0.25, 0.3) is 0 Å². The topological polar surface area (TPSA) is 104 Å². The van der Waals surface area contributed by atoms with Gasteiger partial charge < -0.3 is 10.6 Å². The molecule has 166 valence electrons. The Morgan fingerprint density at radius 2 is 1.77 bits per heavy atom. The van der Waals surface area contributed by atoms with Gasteiger partial charge in [0, 0.05) is 26.2 Å². The summed E-state index contributed by atoms with van der Waals surface area (Å²) in [6, 6.07) is 5.44. The molecule has 2 aliphatic rings. The summed E-state index contributed by atoms with van der Waals surface area (Å²) in [6.45, 7) is 4.11. The third-order valence-corrected chi connectivity index (χ3v) is 7.76. The van der Waals surface area contributed by atoms with Gasteiger partial charge in [0.15, 0.2) is 0 Å². The highest BCUT2D eigenvalue weighted by Gasteiger charge is 2.31. The summed E-state index contributed by atoms with van der Waals surface area (Å²) >= 11 is 0. The molecule has 1 heterocycles. The fraction of sp³-hybridized carbons (Fsp3) is 0.619. The van der Waals surface area contributed by atoms with E-state index in [1.807, 2.05) is 19.1 Å². The number of sulfonamides is 1. The third-order valence-electron chi connectivity index (χ3n) is 5.87. The molecule has 1 aliphatic carbocycles. The van der Waals surface area contributed by atoms with Gasteiger partial charge in [0.2, 0.25) is 21.8 Å². The molecule has 1 fully saturated rings. The number of rotatable bonds is 9. The Bertz CT molecular complexity index is 879. The Hall–Kier alpha value is -1.97. The number of nitrogens with two attached hydrogens (primary N) is 1. The largest absolute Gasteiger partial charge is 0.369 e. The summed E-state index contributed by atoms with van der Waals surface area (Å²) < 4.78 is 27.6. The smallest absolute Gasteiger partial charge is 0.243 e. The number of primary amides is 1. The molecule has 8 nitrogen and oxygen atoms in total. The summed E-state index contributed by atoms with van der Waals surface area (Å²) in [4.78, 5) is 27.7. The van der Waals surface area contributed by atoms with Crippen LogP contribution < -0.4 is 5.73 Å². The Labute approximate surface area is 179 Å². The Morgan fingerprint density at radius 1 is 1.07 bits per heavy atom. The summed E-state index contributed by atoms with van der Waals surface area (Å²) in [5, 5.41) is 0. The van der Waals surface area contributed by atoms with Crippen molar-refractivity contribution >= 4 is 21.8 Å². The maximum Gasteiger partial charge on any atom is 0.243 e. The zero-order valence-electron chi connectivity index (χ0n) is 17.7. The summed E-state index contributed by atoms with van der Waals surface area (Å²) in [5.41, 5.74) is 7.67. The molecule has 2 N–H and O–H groups in total. The number of carbonyl (C=O) groups excluding carboxylic acids is 2. The van der Waals surface area contributed by atoms with Crippen molar-refractivity contribution in [2.24, 2.45) is 5.73 Å². The zero-order valence-corrected chi connectivity index (χ0v) is 18.5. The molecule has 0 atom stereocenters. The third kappa shape index (κ3) is 5.39.